The summed E-state index contributed by atoms with van der Waals surface area (Å²) < 4.78 is 0. The number of amides is 1. The predicted molar refractivity (Wildman–Crippen MR) is 75.2 cm³/mol. The van der Waals surface area contributed by atoms with Crippen LogP contribution in [0.2, 0.25) is 0 Å². The van der Waals surface area contributed by atoms with E-state index in [2.05, 4.69) is 17.2 Å². The number of hydrogen-bond donors (Lipinski definition) is 1. The number of alkyl halides is 1. The van der Waals surface area contributed by atoms with Crippen LogP contribution in [0.1, 0.15) is 41.5 Å². The Morgan fingerprint density at radius 1 is 1.44 bits per heavy atom. The average molecular weight is 269 g/mol. The van der Waals surface area contributed by atoms with Crippen molar-refractivity contribution in [3.05, 3.63) is 29.1 Å². The molecule has 1 atom stereocenters. The largest absolute Gasteiger partial charge is 0.352 e. The minimum atomic E-state index is -0.0481. The summed E-state index contributed by atoms with van der Waals surface area (Å²) in [6.07, 6.45) is 1.96. The molecule has 0 aliphatic rings. The summed E-state index contributed by atoms with van der Waals surface area (Å²) in [4.78, 5) is 16.3. The molecule has 0 saturated heterocycles. The number of carbonyl (C=O) groups excluding carboxylic acids is 1. The third kappa shape index (κ3) is 4.30. The second kappa shape index (κ2) is 7.37. The Bertz CT molecular complexity index is 407. The fourth-order valence-electron chi connectivity index (χ4n) is 1.86. The molecule has 0 fully saturated rings. The van der Waals surface area contributed by atoms with Crippen molar-refractivity contribution < 1.29 is 4.79 Å². The van der Waals surface area contributed by atoms with Gasteiger partial charge in [-0.15, -0.1) is 11.6 Å². The Morgan fingerprint density at radius 3 is 2.72 bits per heavy atom. The zero-order chi connectivity index (χ0) is 13.5. The van der Waals surface area contributed by atoms with Crippen LogP contribution in [0.3, 0.4) is 0 Å². The summed E-state index contributed by atoms with van der Waals surface area (Å²) in [6.45, 7) is 6.57. The van der Waals surface area contributed by atoms with E-state index in [1.165, 1.54) is 0 Å². The number of pyridine rings is 1. The summed E-state index contributed by atoms with van der Waals surface area (Å²) in [5.41, 5.74) is 2.36. The van der Waals surface area contributed by atoms with Crippen molar-refractivity contribution in [2.45, 2.75) is 33.6 Å². The molecule has 0 radical (unpaired) electrons. The number of nitrogens with one attached hydrogen (secondary N) is 1. The summed E-state index contributed by atoms with van der Waals surface area (Å²) in [5.74, 6) is 1.04. The first-order chi connectivity index (χ1) is 8.58. The third-order valence-electron chi connectivity index (χ3n) is 3.12. The molecule has 0 bridgehead atoms. The molecule has 18 heavy (non-hydrogen) atoms. The van der Waals surface area contributed by atoms with E-state index < -0.39 is 0 Å². The van der Waals surface area contributed by atoms with E-state index >= 15 is 0 Å². The molecule has 1 aromatic heterocycles. The van der Waals surface area contributed by atoms with Crippen LogP contribution in [0.4, 0.5) is 0 Å². The van der Waals surface area contributed by atoms with Crippen molar-refractivity contribution >= 4 is 17.5 Å². The Hall–Kier alpha value is -1.09. The van der Waals surface area contributed by atoms with E-state index in [0.29, 0.717) is 23.9 Å². The number of hydrogen-bond acceptors (Lipinski definition) is 2. The molecular formula is C14H21ClN2O. The van der Waals surface area contributed by atoms with Gasteiger partial charge in [-0.3, -0.25) is 9.78 Å². The molecule has 0 aliphatic heterocycles. The molecule has 0 aliphatic carbocycles. The highest BCUT2D eigenvalue weighted by Gasteiger charge is 2.12. The van der Waals surface area contributed by atoms with Crippen LogP contribution in [0.25, 0.3) is 0 Å². The van der Waals surface area contributed by atoms with Gasteiger partial charge in [0.1, 0.15) is 0 Å². The van der Waals surface area contributed by atoms with Gasteiger partial charge in [-0.1, -0.05) is 13.3 Å². The number of rotatable bonds is 6. The van der Waals surface area contributed by atoms with Gasteiger partial charge < -0.3 is 5.32 Å². The van der Waals surface area contributed by atoms with Gasteiger partial charge in [0.25, 0.3) is 5.91 Å². The normalized spacial score (nSPS) is 12.2. The molecular weight excluding hydrogens is 248 g/mol. The Labute approximate surface area is 114 Å². The maximum atomic E-state index is 12.0. The van der Waals surface area contributed by atoms with Crippen molar-refractivity contribution in [2.75, 3.05) is 12.4 Å². The van der Waals surface area contributed by atoms with Crippen LogP contribution in [0, 0.1) is 19.8 Å². The zero-order valence-corrected chi connectivity index (χ0v) is 12.0. The zero-order valence-electron chi connectivity index (χ0n) is 11.3. The fourth-order valence-corrected chi connectivity index (χ4v) is 2.17. The first-order valence-electron chi connectivity index (χ1n) is 6.36. The number of nitrogens with zero attached hydrogens (tertiary/aromatic N) is 1. The summed E-state index contributed by atoms with van der Waals surface area (Å²) in [6, 6.07) is 3.69. The average Bonchev–Trinajstić information content (AvgIpc) is 2.34. The first kappa shape index (κ1) is 15.0. The van der Waals surface area contributed by atoms with Gasteiger partial charge in [-0.2, -0.15) is 0 Å². The summed E-state index contributed by atoms with van der Waals surface area (Å²) in [5, 5.41) is 2.96. The highest BCUT2D eigenvalue weighted by molar-refractivity contribution is 6.17. The van der Waals surface area contributed by atoms with Crippen molar-refractivity contribution in [1.29, 1.82) is 0 Å². The number of halogens is 1. The Kier molecular flexibility index (Phi) is 6.13. The van der Waals surface area contributed by atoms with Gasteiger partial charge in [-0.05, 0) is 38.3 Å². The quantitative estimate of drug-likeness (QED) is 0.806. The SMILES string of the molecule is CCC(CCCl)CNC(=O)c1ccc(C)nc1C. The molecule has 0 saturated carbocycles. The number of aryl methyl sites for hydroxylation is 2. The lowest BCUT2D eigenvalue weighted by molar-refractivity contribution is 0.0945. The highest BCUT2D eigenvalue weighted by Crippen LogP contribution is 2.10. The minimum absolute atomic E-state index is 0.0481. The first-order valence-corrected chi connectivity index (χ1v) is 6.90. The molecule has 3 nitrogen and oxygen atoms in total. The van der Waals surface area contributed by atoms with Crippen LogP contribution in [0.5, 0.6) is 0 Å². The third-order valence-corrected chi connectivity index (χ3v) is 3.33. The Balaban J connectivity index is 2.59. The molecule has 1 unspecified atom stereocenters. The lowest BCUT2D eigenvalue weighted by atomic mass is 10.0. The molecule has 100 valence electrons. The van der Waals surface area contributed by atoms with Crippen LogP contribution < -0.4 is 5.32 Å². The Morgan fingerprint density at radius 2 is 2.17 bits per heavy atom. The van der Waals surface area contributed by atoms with Gasteiger partial charge in [0.05, 0.1) is 11.3 Å². The summed E-state index contributed by atoms with van der Waals surface area (Å²) in [7, 11) is 0. The maximum Gasteiger partial charge on any atom is 0.253 e. The van der Waals surface area contributed by atoms with Crippen LogP contribution >= 0.6 is 11.6 Å². The molecule has 4 heteroatoms. The lowest BCUT2D eigenvalue weighted by Crippen LogP contribution is -2.30. The van der Waals surface area contributed by atoms with E-state index in [1.807, 2.05) is 26.0 Å². The monoisotopic (exact) mass is 268 g/mol. The molecule has 0 aromatic carbocycles. The predicted octanol–water partition coefficient (Wildman–Crippen LogP) is 3.08. The summed E-state index contributed by atoms with van der Waals surface area (Å²) >= 11 is 5.73. The molecule has 1 heterocycles. The second-order valence-corrected chi connectivity index (χ2v) is 4.93. The van der Waals surface area contributed by atoms with E-state index in [-0.39, 0.29) is 5.91 Å². The molecule has 1 amide bonds. The fraction of sp³-hybridized carbons (Fsp3) is 0.571. The van der Waals surface area contributed by atoms with E-state index in [1.54, 1.807) is 0 Å². The topological polar surface area (TPSA) is 42.0 Å². The van der Waals surface area contributed by atoms with Gasteiger partial charge in [0.2, 0.25) is 0 Å². The van der Waals surface area contributed by atoms with Crippen LogP contribution in [-0.2, 0) is 0 Å². The van der Waals surface area contributed by atoms with Crippen molar-refractivity contribution in [2.24, 2.45) is 5.92 Å². The number of aromatic nitrogens is 1. The smallest absolute Gasteiger partial charge is 0.253 e. The maximum absolute atomic E-state index is 12.0. The van der Waals surface area contributed by atoms with Gasteiger partial charge in [0.15, 0.2) is 0 Å². The standard InChI is InChI=1S/C14H21ClN2O/c1-4-12(7-8-15)9-16-14(18)13-6-5-10(2)17-11(13)3/h5-6,12H,4,7-9H2,1-3H3,(H,16,18). The van der Waals surface area contributed by atoms with E-state index in [4.69, 9.17) is 11.6 Å². The number of carbonyl (C=O) groups is 1. The van der Waals surface area contributed by atoms with Crippen LogP contribution in [-0.4, -0.2) is 23.3 Å². The molecule has 1 N–H and O–H groups in total. The van der Waals surface area contributed by atoms with Crippen LogP contribution in [0.15, 0.2) is 12.1 Å². The van der Waals surface area contributed by atoms with Crippen molar-refractivity contribution in [3.63, 3.8) is 0 Å². The minimum Gasteiger partial charge on any atom is -0.352 e. The second-order valence-electron chi connectivity index (χ2n) is 4.55. The van der Waals surface area contributed by atoms with Gasteiger partial charge in [0, 0.05) is 18.1 Å². The molecule has 1 rings (SSSR count). The van der Waals surface area contributed by atoms with E-state index in [9.17, 15) is 4.79 Å². The van der Waals surface area contributed by atoms with Gasteiger partial charge in [-0.25, -0.2) is 0 Å². The molecule has 1 aromatic rings. The van der Waals surface area contributed by atoms with Crippen molar-refractivity contribution in [3.8, 4) is 0 Å². The lowest BCUT2D eigenvalue weighted by Gasteiger charge is -2.14. The van der Waals surface area contributed by atoms with Gasteiger partial charge >= 0.3 is 0 Å². The molecule has 0 spiro atoms. The van der Waals surface area contributed by atoms with Crippen molar-refractivity contribution in [1.82, 2.24) is 10.3 Å². The highest BCUT2D eigenvalue weighted by atomic mass is 35.5. The van der Waals surface area contributed by atoms with E-state index in [0.717, 1.165) is 24.2 Å².